The molecule has 2 unspecified atom stereocenters. The molecule has 5 nitrogen and oxygen atoms in total. The molecule has 1 heterocycles. The van der Waals surface area contributed by atoms with Crippen molar-refractivity contribution >= 4 is 22.8 Å². The van der Waals surface area contributed by atoms with Crippen LogP contribution in [0.15, 0.2) is 24.3 Å². The van der Waals surface area contributed by atoms with Crippen LogP contribution in [0.4, 0.5) is 4.39 Å². The lowest BCUT2D eigenvalue weighted by molar-refractivity contribution is -0.132. The fourth-order valence-electron chi connectivity index (χ4n) is 1.36. The standard InChI is InChI=1S/C11H10FNO4S/c12-6-1-3-7(4-2-6)17-5-8(14)10-13-9(15)11(16)18-10/h1-4,8,10,14H,5H2,(H,13,15). The molecule has 0 radical (unpaired) electrons. The number of hydrogen-bond acceptors (Lipinski definition) is 5. The van der Waals surface area contributed by atoms with Gasteiger partial charge in [0.15, 0.2) is 0 Å². The lowest BCUT2D eigenvalue weighted by atomic mass is 10.3. The molecule has 1 aliphatic rings. The zero-order valence-corrected chi connectivity index (χ0v) is 9.95. The minimum atomic E-state index is -1.02. The van der Waals surface area contributed by atoms with E-state index in [1.54, 1.807) is 0 Å². The van der Waals surface area contributed by atoms with Crippen LogP contribution in [0.3, 0.4) is 0 Å². The van der Waals surface area contributed by atoms with Crippen molar-refractivity contribution in [1.82, 2.24) is 5.32 Å². The van der Waals surface area contributed by atoms with Crippen LogP contribution in [0, 0.1) is 5.82 Å². The molecule has 2 atom stereocenters. The zero-order chi connectivity index (χ0) is 13.1. The summed E-state index contributed by atoms with van der Waals surface area (Å²) in [5.41, 5.74) is 0. The second-order valence-corrected chi connectivity index (χ2v) is 4.75. The number of aliphatic hydroxyl groups is 1. The first-order valence-electron chi connectivity index (χ1n) is 5.14. The molecular weight excluding hydrogens is 261 g/mol. The second-order valence-electron chi connectivity index (χ2n) is 3.63. The molecule has 7 heteroatoms. The van der Waals surface area contributed by atoms with Crippen molar-refractivity contribution < 1.29 is 23.8 Å². The van der Waals surface area contributed by atoms with Gasteiger partial charge in [-0.05, 0) is 36.0 Å². The second kappa shape index (κ2) is 5.36. The van der Waals surface area contributed by atoms with Crippen molar-refractivity contribution in [2.24, 2.45) is 0 Å². The molecular formula is C11H10FNO4S. The van der Waals surface area contributed by atoms with Gasteiger partial charge < -0.3 is 15.2 Å². The summed E-state index contributed by atoms with van der Waals surface area (Å²) >= 11 is 0.730. The lowest BCUT2D eigenvalue weighted by Gasteiger charge is -2.16. The average Bonchev–Trinajstić information content (AvgIpc) is 2.69. The van der Waals surface area contributed by atoms with Gasteiger partial charge in [-0.1, -0.05) is 0 Å². The summed E-state index contributed by atoms with van der Waals surface area (Å²) in [7, 11) is 0. The van der Waals surface area contributed by atoms with E-state index < -0.39 is 22.5 Å². The van der Waals surface area contributed by atoms with Crippen LogP contribution in [0.25, 0.3) is 0 Å². The van der Waals surface area contributed by atoms with Crippen LogP contribution >= 0.6 is 11.8 Å². The molecule has 1 aliphatic heterocycles. The summed E-state index contributed by atoms with van der Waals surface area (Å²) in [6.07, 6.45) is -1.02. The van der Waals surface area contributed by atoms with Crippen molar-refractivity contribution in [1.29, 1.82) is 0 Å². The fourth-order valence-corrected chi connectivity index (χ4v) is 2.16. The first-order valence-corrected chi connectivity index (χ1v) is 6.02. The molecule has 96 valence electrons. The zero-order valence-electron chi connectivity index (χ0n) is 9.13. The highest BCUT2D eigenvalue weighted by Gasteiger charge is 2.35. The Kier molecular flexibility index (Phi) is 3.83. The molecule has 0 spiro atoms. The Morgan fingerprint density at radius 1 is 1.39 bits per heavy atom. The maximum Gasteiger partial charge on any atom is 0.299 e. The number of carbonyl (C=O) groups is 2. The van der Waals surface area contributed by atoms with E-state index in [-0.39, 0.29) is 12.4 Å². The number of carbonyl (C=O) groups excluding carboxylic acids is 2. The van der Waals surface area contributed by atoms with Crippen LogP contribution in [0.2, 0.25) is 0 Å². The van der Waals surface area contributed by atoms with Gasteiger partial charge in [0.25, 0.3) is 11.0 Å². The van der Waals surface area contributed by atoms with Crippen LogP contribution in [-0.2, 0) is 9.59 Å². The number of ether oxygens (including phenoxy) is 1. The number of rotatable bonds is 4. The SMILES string of the molecule is O=C1NC(C(O)COc2ccc(F)cc2)SC1=O. The lowest BCUT2D eigenvalue weighted by Crippen LogP contribution is -2.38. The molecule has 1 saturated heterocycles. The molecule has 1 amide bonds. The Balaban J connectivity index is 1.85. The monoisotopic (exact) mass is 271 g/mol. The molecule has 2 rings (SSSR count). The van der Waals surface area contributed by atoms with E-state index in [1.165, 1.54) is 24.3 Å². The molecule has 18 heavy (non-hydrogen) atoms. The largest absolute Gasteiger partial charge is 0.491 e. The van der Waals surface area contributed by atoms with E-state index in [0.29, 0.717) is 5.75 Å². The van der Waals surface area contributed by atoms with Gasteiger partial charge in [-0.15, -0.1) is 0 Å². The highest BCUT2D eigenvalue weighted by atomic mass is 32.2. The van der Waals surface area contributed by atoms with Gasteiger partial charge in [0.2, 0.25) is 0 Å². The minimum absolute atomic E-state index is 0.100. The maximum atomic E-state index is 12.6. The first-order chi connectivity index (χ1) is 8.56. The van der Waals surface area contributed by atoms with Crippen molar-refractivity contribution in [2.75, 3.05) is 6.61 Å². The molecule has 0 aromatic heterocycles. The number of thioether (sulfide) groups is 1. The van der Waals surface area contributed by atoms with Crippen molar-refractivity contribution in [2.45, 2.75) is 11.5 Å². The summed E-state index contributed by atoms with van der Waals surface area (Å²) in [4.78, 5) is 21.9. The molecule has 1 aromatic rings. The number of nitrogens with one attached hydrogen (secondary N) is 1. The van der Waals surface area contributed by atoms with E-state index in [9.17, 15) is 19.1 Å². The number of hydrogen-bond donors (Lipinski definition) is 2. The summed E-state index contributed by atoms with van der Waals surface area (Å²) in [6, 6.07) is 5.32. The van der Waals surface area contributed by atoms with E-state index in [1.807, 2.05) is 0 Å². The van der Waals surface area contributed by atoms with Gasteiger partial charge in [0.05, 0.1) is 0 Å². The van der Waals surface area contributed by atoms with Crippen LogP contribution in [0.1, 0.15) is 0 Å². The molecule has 0 aliphatic carbocycles. The fraction of sp³-hybridized carbons (Fsp3) is 0.273. The third kappa shape index (κ3) is 2.99. The van der Waals surface area contributed by atoms with Crippen LogP contribution in [0.5, 0.6) is 5.75 Å². The topological polar surface area (TPSA) is 75.6 Å². The molecule has 0 bridgehead atoms. The van der Waals surface area contributed by atoms with Crippen molar-refractivity contribution in [3.05, 3.63) is 30.1 Å². The van der Waals surface area contributed by atoms with Gasteiger partial charge in [-0.3, -0.25) is 9.59 Å². The Morgan fingerprint density at radius 2 is 2.06 bits per heavy atom. The number of halogens is 1. The minimum Gasteiger partial charge on any atom is -0.491 e. The Morgan fingerprint density at radius 3 is 2.61 bits per heavy atom. The molecule has 1 aromatic carbocycles. The third-order valence-electron chi connectivity index (χ3n) is 2.28. The molecule has 0 saturated carbocycles. The summed E-state index contributed by atoms with van der Waals surface area (Å²) in [6.45, 7) is -0.100. The van der Waals surface area contributed by atoms with Crippen LogP contribution in [-0.4, -0.2) is 34.2 Å². The predicted octanol–water partition coefficient (Wildman–Crippen LogP) is 0.281. The Labute approximate surface area is 106 Å². The quantitative estimate of drug-likeness (QED) is 0.769. The van der Waals surface area contributed by atoms with Gasteiger partial charge in [-0.2, -0.15) is 0 Å². The summed E-state index contributed by atoms with van der Waals surface area (Å²) in [5, 5.41) is 10.7. The number of aliphatic hydroxyl groups excluding tert-OH is 1. The maximum absolute atomic E-state index is 12.6. The summed E-state index contributed by atoms with van der Waals surface area (Å²) in [5.74, 6) is -0.700. The van der Waals surface area contributed by atoms with Gasteiger partial charge in [0, 0.05) is 0 Å². The Bertz CT molecular complexity index is 449. The highest BCUT2D eigenvalue weighted by Crippen LogP contribution is 2.20. The predicted molar refractivity (Wildman–Crippen MR) is 62.4 cm³/mol. The smallest absolute Gasteiger partial charge is 0.299 e. The van der Waals surface area contributed by atoms with Crippen LogP contribution < -0.4 is 10.1 Å². The average molecular weight is 271 g/mol. The van der Waals surface area contributed by atoms with Crippen molar-refractivity contribution in [3.8, 4) is 5.75 Å². The Hall–Kier alpha value is -1.60. The van der Waals surface area contributed by atoms with E-state index in [0.717, 1.165) is 11.8 Å². The third-order valence-corrected chi connectivity index (χ3v) is 3.36. The van der Waals surface area contributed by atoms with Gasteiger partial charge >= 0.3 is 0 Å². The number of benzene rings is 1. The van der Waals surface area contributed by atoms with Crippen molar-refractivity contribution in [3.63, 3.8) is 0 Å². The summed E-state index contributed by atoms with van der Waals surface area (Å²) < 4.78 is 17.8. The molecule has 1 fully saturated rings. The van der Waals surface area contributed by atoms with Gasteiger partial charge in [0.1, 0.15) is 29.7 Å². The first kappa shape index (κ1) is 12.8. The van der Waals surface area contributed by atoms with E-state index in [4.69, 9.17) is 4.74 Å². The van der Waals surface area contributed by atoms with E-state index >= 15 is 0 Å². The highest BCUT2D eigenvalue weighted by molar-refractivity contribution is 8.16. The van der Waals surface area contributed by atoms with E-state index in [2.05, 4.69) is 5.32 Å². The normalized spacial score (nSPS) is 20.7. The molecule has 2 N–H and O–H groups in total. The number of amides is 1. The van der Waals surface area contributed by atoms with Gasteiger partial charge in [-0.25, -0.2) is 4.39 Å².